The van der Waals surface area contributed by atoms with Gasteiger partial charge in [0.1, 0.15) is 0 Å². The third-order valence-corrected chi connectivity index (χ3v) is 1.93. The number of carbonyl (C=O) groups is 1. The summed E-state index contributed by atoms with van der Waals surface area (Å²) in [6.45, 7) is 1.14. The van der Waals surface area contributed by atoms with Crippen LogP contribution in [0.25, 0.3) is 0 Å². The first kappa shape index (κ1) is 11.7. The highest BCUT2D eigenvalue weighted by molar-refractivity contribution is 6.19. The second-order valence-corrected chi connectivity index (χ2v) is 2.93. The molecule has 4 nitrogen and oxygen atoms in total. The Kier molecular flexibility index (Phi) is 6.06. The standard InChI is InChI=1S/C7H14ClNO3/c1-5(2-8)7(12)9-6(3-10)4-11/h5-6,10-11H,2-4H2,1H3,(H,9,12). The summed E-state index contributed by atoms with van der Waals surface area (Å²) in [6, 6.07) is -0.580. The van der Waals surface area contributed by atoms with E-state index in [4.69, 9.17) is 21.8 Å². The summed E-state index contributed by atoms with van der Waals surface area (Å²) < 4.78 is 0. The Hall–Kier alpha value is -0.320. The number of aliphatic hydroxyl groups excluding tert-OH is 2. The smallest absolute Gasteiger partial charge is 0.224 e. The van der Waals surface area contributed by atoms with E-state index in [0.29, 0.717) is 0 Å². The summed E-state index contributed by atoms with van der Waals surface area (Å²) in [7, 11) is 0. The number of hydrogen-bond donors (Lipinski definition) is 3. The molecular formula is C7H14ClNO3. The monoisotopic (exact) mass is 195 g/mol. The number of hydrogen-bond acceptors (Lipinski definition) is 3. The maximum absolute atomic E-state index is 11.1. The molecule has 0 aromatic heterocycles. The lowest BCUT2D eigenvalue weighted by molar-refractivity contribution is -0.125. The third kappa shape index (κ3) is 3.90. The number of amides is 1. The Balaban J connectivity index is 3.81. The lowest BCUT2D eigenvalue weighted by atomic mass is 10.2. The van der Waals surface area contributed by atoms with Gasteiger partial charge in [-0.1, -0.05) is 6.92 Å². The van der Waals surface area contributed by atoms with Crippen molar-refractivity contribution in [2.45, 2.75) is 13.0 Å². The molecule has 0 spiro atoms. The Morgan fingerprint density at radius 1 is 1.50 bits per heavy atom. The lowest BCUT2D eigenvalue weighted by Crippen LogP contribution is -2.42. The van der Waals surface area contributed by atoms with E-state index in [2.05, 4.69) is 5.32 Å². The van der Waals surface area contributed by atoms with Crippen molar-refractivity contribution >= 4 is 17.5 Å². The first-order valence-electron chi connectivity index (χ1n) is 3.73. The highest BCUT2D eigenvalue weighted by Gasteiger charge is 2.15. The van der Waals surface area contributed by atoms with Crippen molar-refractivity contribution in [1.82, 2.24) is 5.32 Å². The van der Waals surface area contributed by atoms with Crippen LogP contribution in [-0.4, -0.2) is 41.3 Å². The molecule has 0 aliphatic heterocycles. The molecule has 0 radical (unpaired) electrons. The number of rotatable bonds is 5. The maximum atomic E-state index is 11.1. The minimum atomic E-state index is -0.580. The Labute approximate surface area is 76.5 Å². The van der Waals surface area contributed by atoms with Crippen LogP contribution in [0.2, 0.25) is 0 Å². The van der Waals surface area contributed by atoms with Crippen molar-refractivity contribution in [2.75, 3.05) is 19.1 Å². The average Bonchev–Trinajstić information content (AvgIpc) is 2.12. The number of halogens is 1. The molecule has 0 aliphatic carbocycles. The summed E-state index contributed by atoms with van der Waals surface area (Å²) >= 11 is 5.43. The number of alkyl halides is 1. The van der Waals surface area contributed by atoms with Gasteiger partial charge in [-0.2, -0.15) is 0 Å². The highest BCUT2D eigenvalue weighted by atomic mass is 35.5. The molecule has 0 fully saturated rings. The fourth-order valence-corrected chi connectivity index (χ4v) is 0.703. The van der Waals surface area contributed by atoms with Crippen LogP contribution in [0, 0.1) is 5.92 Å². The van der Waals surface area contributed by atoms with Gasteiger partial charge < -0.3 is 15.5 Å². The van der Waals surface area contributed by atoms with E-state index < -0.39 is 6.04 Å². The Morgan fingerprint density at radius 2 is 2.00 bits per heavy atom. The first-order chi connectivity index (χ1) is 5.65. The predicted molar refractivity (Wildman–Crippen MR) is 46.0 cm³/mol. The maximum Gasteiger partial charge on any atom is 0.224 e. The normalized spacial score (nSPS) is 13.1. The van der Waals surface area contributed by atoms with Gasteiger partial charge in [-0.05, 0) is 0 Å². The van der Waals surface area contributed by atoms with Gasteiger partial charge in [-0.3, -0.25) is 4.79 Å². The summed E-state index contributed by atoms with van der Waals surface area (Å²) in [6.07, 6.45) is 0. The second kappa shape index (κ2) is 6.22. The third-order valence-electron chi connectivity index (χ3n) is 1.47. The Bertz CT molecular complexity index is 139. The van der Waals surface area contributed by atoms with E-state index in [9.17, 15) is 4.79 Å². The lowest BCUT2D eigenvalue weighted by Gasteiger charge is -2.15. The van der Waals surface area contributed by atoms with Crippen LogP contribution in [0.4, 0.5) is 0 Å². The first-order valence-corrected chi connectivity index (χ1v) is 4.27. The van der Waals surface area contributed by atoms with Gasteiger partial charge in [0, 0.05) is 11.8 Å². The van der Waals surface area contributed by atoms with Gasteiger partial charge in [-0.15, -0.1) is 11.6 Å². The molecule has 72 valence electrons. The molecule has 0 aromatic carbocycles. The van der Waals surface area contributed by atoms with E-state index in [-0.39, 0.29) is 30.9 Å². The number of nitrogens with one attached hydrogen (secondary N) is 1. The van der Waals surface area contributed by atoms with E-state index in [1.54, 1.807) is 6.92 Å². The van der Waals surface area contributed by atoms with Gasteiger partial charge in [-0.25, -0.2) is 0 Å². The van der Waals surface area contributed by atoms with E-state index in [0.717, 1.165) is 0 Å². The van der Waals surface area contributed by atoms with Crippen molar-refractivity contribution in [3.63, 3.8) is 0 Å². The largest absolute Gasteiger partial charge is 0.394 e. The molecule has 1 atom stereocenters. The predicted octanol–water partition coefficient (Wildman–Crippen LogP) is -0.669. The SMILES string of the molecule is CC(CCl)C(=O)NC(CO)CO. The highest BCUT2D eigenvalue weighted by Crippen LogP contribution is 1.98. The molecule has 0 heterocycles. The molecule has 0 saturated carbocycles. The molecule has 0 aliphatic rings. The van der Waals surface area contributed by atoms with Crippen LogP contribution in [0.3, 0.4) is 0 Å². The zero-order chi connectivity index (χ0) is 9.56. The van der Waals surface area contributed by atoms with Crippen LogP contribution in [0.1, 0.15) is 6.92 Å². The van der Waals surface area contributed by atoms with E-state index in [1.807, 2.05) is 0 Å². The van der Waals surface area contributed by atoms with Crippen molar-refractivity contribution in [3.05, 3.63) is 0 Å². The topological polar surface area (TPSA) is 69.6 Å². The molecule has 0 bridgehead atoms. The number of carbonyl (C=O) groups excluding carboxylic acids is 1. The van der Waals surface area contributed by atoms with Crippen molar-refractivity contribution in [2.24, 2.45) is 5.92 Å². The van der Waals surface area contributed by atoms with Gasteiger partial charge in [0.2, 0.25) is 5.91 Å². The molecule has 5 heteroatoms. The minimum absolute atomic E-state index is 0.232. The van der Waals surface area contributed by atoms with Crippen LogP contribution in [0.15, 0.2) is 0 Å². The van der Waals surface area contributed by atoms with Crippen molar-refractivity contribution in [3.8, 4) is 0 Å². The molecule has 0 aromatic rings. The summed E-state index contributed by atoms with van der Waals surface area (Å²) in [5.41, 5.74) is 0. The fraction of sp³-hybridized carbons (Fsp3) is 0.857. The number of aliphatic hydroxyl groups is 2. The van der Waals surface area contributed by atoms with Gasteiger partial charge in [0.25, 0.3) is 0 Å². The van der Waals surface area contributed by atoms with Gasteiger partial charge in [0.05, 0.1) is 19.3 Å². The summed E-state index contributed by atoms with van der Waals surface area (Å²) in [5.74, 6) is -0.319. The van der Waals surface area contributed by atoms with Crippen LogP contribution in [0.5, 0.6) is 0 Å². The van der Waals surface area contributed by atoms with Crippen molar-refractivity contribution in [1.29, 1.82) is 0 Å². The zero-order valence-corrected chi connectivity index (χ0v) is 7.71. The van der Waals surface area contributed by atoms with Gasteiger partial charge in [0.15, 0.2) is 0 Å². The Morgan fingerprint density at radius 3 is 2.33 bits per heavy atom. The summed E-state index contributed by atoms with van der Waals surface area (Å²) in [5, 5.41) is 19.7. The molecular weight excluding hydrogens is 182 g/mol. The molecule has 1 unspecified atom stereocenters. The average molecular weight is 196 g/mol. The van der Waals surface area contributed by atoms with Crippen LogP contribution in [-0.2, 0) is 4.79 Å². The van der Waals surface area contributed by atoms with Crippen molar-refractivity contribution < 1.29 is 15.0 Å². The minimum Gasteiger partial charge on any atom is -0.394 e. The zero-order valence-electron chi connectivity index (χ0n) is 6.96. The van der Waals surface area contributed by atoms with Gasteiger partial charge >= 0.3 is 0 Å². The summed E-state index contributed by atoms with van der Waals surface area (Å²) in [4.78, 5) is 11.1. The second-order valence-electron chi connectivity index (χ2n) is 2.63. The van der Waals surface area contributed by atoms with Crippen LogP contribution >= 0.6 is 11.6 Å². The molecule has 0 saturated heterocycles. The molecule has 3 N–H and O–H groups in total. The molecule has 0 rings (SSSR count). The van der Waals surface area contributed by atoms with E-state index >= 15 is 0 Å². The molecule has 1 amide bonds. The van der Waals surface area contributed by atoms with Crippen LogP contribution < -0.4 is 5.32 Å². The fourth-order valence-electron chi connectivity index (χ4n) is 0.563. The van der Waals surface area contributed by atoms with E-state index in [1.165, 1.54) is 0 Å². The molecule has 12 heavy (non-hydrogen) atoms. The quantitative estimate of drug-likeness (QED) is 0.510.